The number of hydrogen-bond donors (Lipinski definition) is 3. The van der Waals surface area contributed by atoms with Crippen LogP contribution in [0.15, 0.2) is 18.2 Å². The first-order chi connectivity index (χ1) is 8.41. The minimum atomic E-state index is -1.34. The molecule has 7 nitrogen and oxygen atoms in total. The van der Waals surface area contributed by atoms with Crippen LogP contribution in [0.1, 0.15) is 23.7 Å². The molecule has 0 saturated heterocycles. The van der Waals surface area contributed by atoms with E-state index in [1.165, 1.54) is 18.2 Å². The van der Waals surface area contributed by atoms with Crippen LogP contribution < -0.4 is 5.32 Å². The molecule has 1 unspecified atom stereocenters. The van der Waals surface area contributed by atoms with Gasteiger partial charge in [-0.25, -0.2) is 4.79 Å². The van der Waals surface area contributed by atoms with E-state index in [0.29, 0.717) is 18.7 Å². The predicted molar refractivity (Wildman–Crippen MR) is 64.8 cm³/mol. The standard InChI is InChI=1S/C11H14N2O5/c1-7(14)4-5-12-8-2-3-9(11(15)16)10(6-8)13(17)18/h2-3,6-7,12,14H,4-5H2,1H3,(H,15,16). The highest BCUT2D eigenvalue weighted by atomic mass is 16.6. The van der Waals surface area contributed by atoms with E-state index in [-0.39, 0.29) is 5.56 Å². The van der Waals surface area contributed by atoms with Gasteiger partial charge in [-0.15, -0.1) is 0 Å². The van der Waals surface area contributed by atoms with Crippen LogP contribution in [0, 0.1) is 10.1 Å². The number of aromatic carboxylic acids is 1. The third-order valence-electron chi connectivity index (χ3n) is 2.32. The Kier molecular flexibility index (Phi) is 4.61. The molecule has 0 aliphatic carbocycles. The summed E-state index contributed by atoms with van der Waals surface area (Å²) in [5, 5.41) is 31.5. The third-order valence-corrected chi connectivity index (χ3v) is 2.32. The smallest absolute Gasteiger partial charge is 0.342 e. The normalized spacial score (nSPS) is 11.9. The largest absolute Gasteiger partial charge is 0.477 e. The Bertz CT molecular complexity index is 459. The number of carboxylic acid groups (broad SMARTS) is 1. The fourth-order valence-corrected chi connectivity index (χ4v) is 1.40. The lowest BCUT2D eigenvalue weighted by Crippen LogP contribution is -2.10. The summed E-state index contributed by atoms with van der Waals surface area (Å²) >= 11 is 0. The van der Waals surface area contributed by atoms with Gasteiger partial charge in [0.25, 0.3) is 5.69 Å². The van der Waals surface area contributed by atoms with Crippen LogP contribution >= 0.6 is 0 Å². The van der Waals surface area contributed by atoms with Gasteiger partial charge in [-0.05, 0) is 25.5 Å². The van der Waals surface area contributed by atoms with Crippen molar-refractivity contribution in [3.05, 3.63) is 33.9 Å². The maximum atomic E-state index is 10.8. The van der Waals surface area contributed by atoms with E-state index in [9.17, 15) is 14.9 Å². The topological polar surface area (TPSA) is 113 Å². The van der Waals surface area contributed by atoms with Crippen molar-refractivity contribution in [2.75, 3.05) is 11.9 Å². The highest BCUT2D eigenvalue weighted by Gasteiger charge is 2.19. The van der Waals surface area contributed by atoms with Crippen LogP contribution in [0.2, 0.25) is 0 Å². The molecule has 0 amide bonds. The fraction of sp³-hybridized carbons (Fsp3) is 0.364. The number of benzene rings is 1. The molecule has 0 aliphatic rings. The van der Waals surface area contributed by atoms with Crippen molar-refractivity contribution in [2.24, 2.45) is 0 Å². The van der Waals surface area contributed by atoms with Crippen molar-refractivity contribution >= 4 is 17.3 Å². The molecule has 98 valence electrons. The summed E-state index contributed by atoms with van der Waals surface area (Å²) in [5.74, 6) is -1.34. The summed E-state index contributed by atoms with van der Waals surface area (Å²) in [4.78, 5) is 20.8. The first kappa shape index (κ1) is 13.9. The Hall–Kier alpha value is -2.15. The number of nitro groups is 1. The molecule has 0 aromatic heterocycles. The summed E-state index contributed by atoms with van der Waals surface area (Å²) in [5.41, 5.74) is -0.349. The molecule has 0 saturated carbocycles. The molecule has 3 N–H and O–H groups in total. The molecule has 0 fully saturated rings. The second-order valence-corrected chi connectivity index (χ2v) is 3.86. The van der Waals surface area contributed by atoms with E-state index in [1.54, 1.807) is 6.92 Å². The predicted octanol–water partition coefficient (Wildman–Crippen LogP) is 1.48. The van der Waals surface area contributed by atoms with Gasteiger partial charge in [0.05, 0.1) is 11.0 Å². The van der Waals surface area contributed by atoms with Gasteiger partial charge in [-0.2, -0.15) is 0 Å². The van der Waals surface area contributed by atoms with Crippen molar-refractivity contribution in [2.45, 2.75) is 19.4 Å². The molecular formula is C11H14N2O5. The van der Waals surface area contributed by atoms with Gasteiger partial charge >= 0.3 is 5.97 Å². The van der Waals surface area contributed by atoms with Crippen LogP contribution in [0.5, 0.6) is 0 Å². The summed E-state index contributed by atoms with van der Waals surface area (Å²) in [7, 11) is 0. The minimum absolute atomic E-state index is 0.346. The molecule has 1 atom stereocenters. The summed E-state index contributed by atoms with van der Waals surface area (Å²) in [6.45, 7) is 2.08. The number of rotatable bonds is 6. The molecule has 0 bridgehead atoms. The zero-order valence-corrected chi connectivity index (χ0v) is 9.79. The lowest BCUT2D eigenvalue weighted by atomic mass is 10.1. The fourth-order valence-electron chi connectivity index (χ4n) is 1.40. The van der Waals surface area contributed by atoms with Gasteiger partial charge in [-0.1, -0.05) is 0 Å². The van der Waals surface area contributed by atoms with Crippen LogP contribution in [0.25, 0.3) is 0 Å². The maximum Gasteiger partial charge on any atom is 0.342 e. The van der Waals surface area contributed by atoms with Crippen LogP contribution in [0.4, 0.5) is 11.4 Å². The van der Waals surface area contributed by atoms with Crippen molar-refractivity contribution in [3.8, 4) is 0 Å². The van der Waals surface area contributed by atoms with Gasteiger partial charge in [0.1, 0.15) is 5.56 Å². The van der Waals surface area contributed by atoms with Gasteiger partial charge in [-0.3, -0.25) is 10.1 Å². The monoisotopic (exact) mass is 254 g/mol. The van der Waals surface area contributed by atoms with Gasteiger partial charge in [0, 0.05) is 18.3 Å². The molecule has 1 rings (SSSR count). The van der Waals surface area contributed by atoms with E-state index in [4.69, 9.17) is 10.2 Å². The van der Waals surface area contributed by atoms with Crippen molar-refractivity contribution in [1.29, 1.82) is 0 Å². The second-order valence-electron chi connectivity index (χ2n) is 3.86. The Labute approximate surface area is 103 Å². The molecule has 0 spiro atoms. The number of carbonyl (C=O) groups is 1. The van der Waals surface area contributed by atoms with E-state index in [1.807, 2.05) is 0 Å². The van der Waals surface area contributed by atoms with Gasteiger partial charge in [0.2, 0.25) is 0 Å². The zero-order valence-electron chi connectivity index (χ0n) is 9.79. The molecule has 1 aromatic rings. The van der Waals surface area contributed by atoms with Crippen molar-refractivity contribution in [1.82, 2.24) is 0 Å². The molecule has 0 radical (unpaired) electrons. The first-order valence-electron chi connectivity index (χ1n) is 5.35. The van der Waals surface area contributed by atoms with E-state index in [2.05, 4.69) is 5.32 Å². The average Bonchev–Trinajstić information content (AvgIpc) is 2.28. The molecule has 18 heavy (non-hydrogen) atoms. The molecule has 0 heterocycles. The number of nitro benzene ring substituents is 1. The van der Waals surface area contributed by atoms with Crippen molar-refractivity contribution in [3.63, 3.8) is 0 Å². The lowest BCUT2D eigenvalue weighted by molar-refractivity contribution is -0.385. The number of nitrogens with one attached hydrogen (secondary N) is 1. The highest BCUT2D eigenvalue weighted by molar-refractivity contribution is 5.93. The van der Waals surface area contributed by atoms with E-state index < -0.39 is 22.7 Å². The highest BCUT2D eigenvalue weighted by Crippen LogP contribution is 2.23. The molecule has 7 heteroatoms. The quantitative estimate of drug-likeness (QED) is 0.523. The molecule has 1 aromatic carbocycles. The number of hydrogen-bond acceptors (Lipinski definition) is 5. The van der Waals surface area contributed by atoms with E-state index in [0.717, 1.165) is 0 Å². The van der Waals surface area contributed by atoms with Crippen LogP contribution in [0.3, 0.4) is 0 Å². The Morgan fingerprint density at radius 3 is 2.72 bits per heavy atom. The van der Waals surface area contributed by atoms with Gasteiger partial charge in [0.15, 0.2) is 0 Å². The van der Waals surface area contributed by atoms with Gasteiger partial charge < -0.3 is 15.5 Å². The second kappa shape index (κ2) is 5.97. The summed E-state index contributed by atoms with van der Waals surface area (Å²) in [6.07, 6.45) is 0.0277. The third kappa shape index (κ3) is 3.70. The zero-order chi connectivity index (χ0) is 13.7. The van der Waals surface area contributed by atoms with Crippen molar-refractivity contribution < 1.29 is 19.9 Å². The Morgan fingerprint density at radius 1 is 1.56 bits per heavy atom. The van der Waals surface area contributed by atoms with Crippen LogP contribution in [-0.4, -0.2) is 33.8 Å². The Morgan fingerprint density at radius 2 is 2.22 bits per heavy atom. The summed E-state index contributed by atoms with van der Waals surface area (Å²) in [6, 6.07) is 3.81. The molecular weight excluding hydrogens is 240 g/mol. The number of aliphatic hydroxyl groups excluding tert-OH is 1. The SMILES string of the molecule is CC(O)CCNc1ccc(C(=O)O)c([N+](=O)[O-])c1. The molecule has 0 aliphatic heterocycles. The summed E-state index contributed by atoms with van der Waals surface area (Å²) < 4.78 is 0. The number of anilines is 1. The van der Waals surface area contributed by atoms with E-state index >= 15 is 0 Å². The Balaban J connectivity index is 2.87. The number of nitrogens with zero attached hydrogens (tertiary/aromatic N) is 1. The lowest BCUT2D eigenvalue weighted by Gasteiger charge is -2.08. The number of carboxylic acids is 1. The maximum absolute atomic E-state index is 10.8. The number of aliphatic hydroxyl groups is 1. The average molecular weight is 254 g/mol. The first-order valence-corrected chi connectivity index (χ1v) is 5.35. The minimum Gasteiger partial charge on any atom is -0.477 e. The van der Waals surface area contributed by atoms with Crippen LogP contribution in [-0.2, 0) is 0 Å².